The zero-order chi connectivity index (χ0) is 18.7. The van der Waals surface area contributed by atoms with Gasteiger partial charge in [0.15, 0.2) is 0 Å². The minimum absolute atomic E-state index is 0.00827. The van der Waals surface area contributed by atoms with Crippen molar-refractivity contribution >= 4 is 10.0 Å². The number of hydrogen-bond donors (Lipinski definition) is 0. The lowest BCUT2D eigenvalue weighted by Gasteiger charge is -2.17. The molecular formula is C16H11F4N3O2S. The topological polar surface area (TPSA) is 62.1 Å². The van der Waals surface area contributed by atoms with Crippen molar-refractivity contribution in [1.82, 2.24) is 4.31 Å². The molecule has 0 atom stereocenters. The largest absolute Gasteiger partial charge is 0.442 e. The van der Waals surface area contributed by atoms with Crippen LogP contribution in [0.4, 0.5) is 17.6 Å². The monoisotopic (exact) mass is 385 g/mol. The molecule has 4 rings (SSSR count). The highest BCUT2D eigenvalue weighted by atomic mass is 32.2. The highest BCUT2D eigenvalue weighted by molar-refractivity contribution is 7.89. The van der Waals surface area contributed by atoms with Crippen LogP contribution in [0.3, 0.4) is 0 Å². The summed E-state index contributed by atoms with van der Waals surface area (Å²) < 4.78 is 79.3. The van der Waals surface area contributed by atoms with Gasteiger partial charge in [-0.2, -0.15) is 17.5 Å². The molecule has 26 heavy (non-hydrogen) atoms. The predicted molar refractivity (Wildman–Crippen MR) is 81.9 cm³/mol. The average Bonchev–Trinajstić information content (AvgIpc) is 3.28. The van der Waals surface area contributed by atoms with Crippen LogP contribution in [-0.4, -0.2) is 18.9 Å². The summed E-state index contributed by atoms with van der Waals surface area (Å²) in [5, 5.41) is 6.16. The van der Waals surface area contributed by atoms with E-state index in [-0.39, 0.29) is 23.5 Å². The molecule has 2 aliphatic heterocycles. The molecule has 0 fully saturated rings. The van der Waals surface area contributed by atoms with Gasteiger partial charge in [0.25, 0.3) is 0 Å². The van der Waals surface area contributed by atoms with Crippen LogP contribution in [0.25, 0.3) is 0 Å². The highest BCUT2D eigenvalue weighted by Gasteiger charge is 2.65. The van der Waals surface area contributed by atoms with E-state index in [1.807, 2.05) is 0 Å². The molecule has 0 unspecified atom stereocenters. The maximum atomic E-state index is 13.8. The lowest BCUT2D eigenvalue weighted by Crippen LogP contribution is -2.30. The molecule has 0 N–H and O–H groups in total. The van der Waals surface area contributed by atoms with Crippen molar-refractivity contribution in [3.8, 4) is 0 Å². The van der Waals surface area contributed by atoms with Gasteiger partial charge in [-0.25, -0.2) is 12.8 Å². The van der Waals surface area contributed by atoms with E-state index < -0.39 is 27.7 Å². The molecule has 2 heterocycles. The van der Waals surface area contributed by atoms with Gasteiger partial charge in [-0.15, -0.1) is 10.2 Å². The third-order valence-electron chi connectivity index (χ3n) is 4.49. The summed E-state index contributed by atoms with van der Waals surface area (Å²) >= 11 is 0. The Morgan fingerprint density at radius 2 is 1.65 bits per heavy atom. The Morgan fingerprint density at radius 3 is 2.19 bits per heavy atom. The third-order valence-corrected chi connectivity index (χ3v) is 6.29. The molecule has 0 aromatic heterocycles. The number of nitrogens with zero attached hydrogens (tertiary/aromatic N) is 3. The van der Waals surface area contributed by atoms with E-state index in [2.05, 4.69) is 10.2 Å². The number of halogens is 4. The molecule has 0 aliphatic carbocycles. The molecule has 0 radical (unpaired) electrons. The van der Waals surface area contributed by atoms with Crippen LogP contribution in [0.15, 0.2) is 57.6 Å². The van der Waals surface area contributed by atoms with Gasteiger partial charge in [0.1, 0.15) is 5.82 Å². The van der Waals surface area contributed by atoms with Crippen molar-refractivity contribution in [2.45, 2.75) is 29.8 Å². The van der Waals surface area contributed by atoms with Crippen LogP contribution in [0.2, 0.25) is 0 Å². The van der Waals surface area contributed by atoms with Crippen LogP contribution in [0.1, 0.15) is 16.7 Å². The van der Waals surface area contributed by atoms with E-state index in [0.717, 1.165) is 28.6 Å². The second-order valence-corrected chi connectivity index (χ2v) is 7.98. The van der Waals surface area contributed by atoms with Gasteiger partial charge < -0.3 is 0 Å². The quantitative estimate of drug-likeness (QED) is 0.757. The Morgan fingerprint density at radius 1 is 1.00 bits per heavy atom. The fourth-order valence-electron chi connectivity index (χ4n) is 2.97. The van der Waals surface area contributed by atoms with E-state index in [1.165, 1.54) is 12.1 Å². The van der Waals surface area contributed by atoms with Gasteiger partial charge >= 0.3 is 11.8 Å². The van der Waals surface area contributed by atoms with Crippen molar-refractivity contribution in [1.29, 1.82) is 0 Å². The third kappa shape index (κ3) is 2.43. The Hall–Kier alpha value is -2.33. The average molecular weight is 385 g/mol. The van der Waals surface area contributed by atoms with Gasteiger partial charge in [-0.3, -0.25) is 0 Å². The first-order valence-electron chi connectivity index (χ1n) is 7.53. The van der Waals surface area contributed by atoms with Gasteiger partial charge in [0.2, 0.25) is 10.0 Å². The normalized spacial score (nSPS) is 18.8. The fraction of sp³-hybridized carbons (Fsp3) is 0.250. The summed E-state index contributed by atoms with van der Waals surface area (Å²) in [7, 11) is -3.98. The van der Waals surface area contributed by atoms with Crippen LogP contribution in [-0.2, 0) is 28.8 Å². The molecule has 10 heteroatoms. The molecule has 0 saturated carbocycles. The van der Waals surface area contributed by atoms with E-state index in [0.29, 0.717) is 11.1 Å². The summed E-state index contributed by atoms with van der Waals surface area (Å²) in [6, 6.07) is 8.65. The highest BCUT2D eigenvalue weighted by Crippen LogP contribution is 2.52. The Labute approximate surface area is 146 Å². The molecular weight excluding hydrogens is 374 g/mol. The van der Waals surface area contributed by atoms with Crippen LogP contribution < -0.4 is 0 Å². The zero-order valence-electron chi connectivity index (χ0n) is 13.0. The lowest BCUT2D eigenvalue weighted by molar-refractivity contribution is -0.166. The maximum Gasteiger partial charge on any atom is 0.442 e. The molecule has 0 spiro atoms. The van der Waals surface area contributed by atoms with Gasteiger partial charge in [0, 0.05) is 24.2 Å². The summed E-state index contributed by atoms with van der Waals surface area (Å²) in [5.41, 5.74) is -1.97. The molecule has 2 aliphatic rings. The maximum absolute atomic E-state index is 13.8. The van der Waals surface area contributed by atoms with Gasteiger partial charge in [0.05, 0.1) is 4.90 Å². The molecule has 0 saturated heterocycles. The number of hydrogen-bond acceptors (Lipinski definition) is 4. The van der Waals surface area contributed by atoms with Crippen molar-refractivity contribution < 1.29 is 26.0 Å². The van der Waals surface area contributed by atoms with Crippen LogP contribution in [0.5, 0.6) is 0 Å². The van der Waals surface area contributed by atoms with Crippen molar-refractivity contribution in [3.63, 3.8) is 0 Å². The summed E-state index contributed by atoms with van der Waals surface area (Å²) in [6.45, 7) is -0.114. The van der Waals surface area contributed by atoms with Crippen molar-refractivity contribution in [2.24, 2.45) is 10.2 Å². The Bertz CT molecular complexity index is 1010. The molecule has 5 nitrogen and oxygen atoms in total. The van der Waals surface area contributed by atoms with Crippen LogP contribution >= 0.6 is 0 Å². The van der Waals surface area contributed by atoms with Crippen molar-refractivity contribution in [3.05, 3.63) is 65.0 Å². The van der Waals surface area contributed by atoms with Gasteiger partial charge in [-0.1, -0.05) is 24.3 Å². The zero-order valence-corrected chi connectivity index (χ0v) is 13.9. The number of rotatable bonds is 3. The number of benzene rings is 2. The van der Waals surface area contributed by atoms with Crippen LogP contribution in [0, 0.1) is 5.82 Å². The van der Waals surface area contributed by atoms with E-state index in [9.17, 15) is 26.0 Å². The standard InChI is InChI=1S/C16H11F4N3O2S/c17-14-3-1-2-10-8-23(9-13(10)14)26(24,25)12-6-4-11(5-7-12)15(21-22-15)16(18,19)20/h1-7H,8-9H2. The lowest BCUT2D eigenvalue weighted by atomic mass is 10.0. The Kier molecular flexibility index (Phi) is 3.51. The van der Waals surface area contributed by atoms with E-state index in [4.69, 9.17) is 0 Å². The summed E-state index contributed by atoms with van der Waals surface area (Å²) in [5.74, 6) is -0.486. The second kappa shape index (κ2) is 5.34. The first kappa shape index (κ1) is 17.1. The first-order valence-corrected chi connectivity index (χ1v) is 8.97. The van der Waals surface area contributed by atoms with E-state index >= 15 is 0 Å². The summed E-state index contributed by atoms with van der Waals surface area (Å²) in [4.78, 5) is -0.174. The number of alkyl halides is 3. The molecule has 2 aromatic rings. The second-order valence-electron chi connectivity index (χ2n) is 6.04. The molecule has 2 aromatic carbocycles. The van der Waals surface area contributed by atoms with Crippen molar-refractivity contribution in [2.75, 3.05) is 0 Å². The molecule has 0 amide bonds. The fourth-order valence-corrected chi connectivity index (χ4v) is 4.36. The first-order chi connectivity index (χ1) is 12.1. The smallest absolute Gasteiger partial charge is 0.207 e. The van der Waals surface area contributed by atoms with E-state index in [1.54, 1.807) is 6.07 Å². The Balaban J connectivity index is 1.61. The summed E-state index contributed by atoms with van der Waals surface area (Å²) in [6.07, 6.45) is -4.68. The molecule has 136 valence electrons. The predicted octanol–water partition coefficient (Wildman–Crippen LogP) is 3.71. The molecule has 0 bridgehead atoms. The minimum atomic E-state index is -4.68. The number of sulfonamides is 1. The minimum Gasteiger partial charge on any atom is -0.207 e. The SMILES string of the molecule is O=S(=O)(c1ccc(C2(C(F)(F)F)N=N2)cc1)N1Cc2cccc(F)c2C1. The van der Waals surface area contributed by atoms with Gasteiger partial charge in [-0.05, 0) is 23.8 Å². The number of fused-ring (bicyclic) bond motifs is 1.